The van der Waals surface area contributed by atoms with E-state index >= 15 is 0 Å². The van der Waals surface area contributed by atoms with E-state index < -0.39 is 17.8 Å². The van der Waals surface area contributed by atoms with Gasteiger partial charge >= 0.3 is 12.1 Å². The Morgan fingerprint density at radius 3 is 2.16 bits per heavy atom. The highest BCUT2D eigenvalue weighted by molar-refractivity contribution is 6.36. The average molecular weight is 316 g/mol. The van der Waals surface area contributed by atoms with Gasteiger partial charge < -0.3 is 0 Å². The molecule has 102 valence electrons. The van der Waals surface area contributed by atoms with E-state index in [1.807, 2.05) is 0 Å². The van der Waals surface area contributed by atoms with E-state index in [0.29, 0.717) is 6.07 Å². The van der Waals surface area contributed by atoms with Crippen LogP contribution in [-0.2, 0) is 5.92 Å². The van der Waals surface area contributed by atoms with Crippen LogP contribution in [0.2, 0.25) is 10.0 Å². The van der Waals surface area contributed by atoms with Gasteiger partial charge in [-0.15, -0.1) is 0 Å². The zero-order chi connectivity index (χ0) is 14.4. The van der Waals surface area contributed by atoms with Crippen molar-refractivity contribution < 1.29 is 22.0 Å². The van der Waals surface area contributed by atoms with Crippen molar-refractivity contribution >= 4 is 34.1 Å². The van der Waals surface area contributed by atoms with E-state index in [1.54, 1.807) is 0 Å². The van der Waals surface area contributed by atoms with Gasteiger partial charge in [-0.2, -0.15) is 22.0 Å². The van der Waals surface area contributed by atoms with Crippen molar-refractivity contribution in [1.82, 2.24) is 4.98 Å². The van der Waals surface area contributed by atoms with E-state index in [4.69, 9.17) is 23.2 Å². The van der Waals surface area contributed by atoms with Crippen LogP contribution in [0.25, 0.3) is 10.9 Å². The fourth-order valence-electron chi connectivity index (χ4n) is 1.46. The standard InChI is InChI=1S/C11H4Cl2F5N/c12-5-1-2-8-6(3-5)7(13)4-9(19-8)10(14,15)11(16,17)18/h1-4H. The monoisotopic (exact) mass is 315 g/mol. The Hall–Kier alpha value is -1.14. The molecule has 0 bridgehead atoms. The third-order valence-corrected chi connectivity index (χ3v) is 2.95. The number of aromatic nitrogens is 1. The van der Waals surface area contributed by atoms with Gasteiger partial charge in [-0.05, 0) is 24.3 Å². The van der Waals surface area contributed by atoms with Crippen LogP contribution >= 0.6 is 23.2 Å². The first kappa shape index (κ1) is 14.3. The van der Waals surface area contributed by atoms with E-state index in [9.17, 15) is 22.0 Å². The van der Waals surface area contributed by atoms with Gasteiger partial charge in [0.25, 0.3) is 0 Å². The fourth-order valence-corrected chi connectivity index (χ4v) is 1.89. The van der Waals surface area contributed by atoms with Crippen molar-refractivity contribution in [3.8, 4) is 0 Å². The zero-order valence-corrected chi connectivity index (χ0v) is 10.4. The molecule has 0 saturated carbocycles. The summed E-state index contributed by atoms with van der Waals surface area (Å²) >= 11 is 11.4. The van der Waals surface area contributed by atoms with Crippen LogP contribution in [0, 0.1) is 0 Å². The summed E-state index contributed by atoms with van der Waals surface area (Å²) in [6, 6.07) is 4.37. The molecule has 0 aliphatic heterocycles. The molecule has 1 nitrogen and oxygen atoms in total. The van der Waals surface area contributed by atoms with Gasteiger partial charge in [0.2, 0.25) is 0 Å². The lowest BCUT2D eigenvalue weighted by Crippen LogP contribution is -2.34. The van der Waals surface area contributed by atoms with Crippen LogP contribution in [0.5, 0.6) is 0 Å². The number of nitrogens with zero attached hydrogens (tertiary/aromatic N) is 1. The molecule has 0 amide bonds. The highest BCUT2D eigenvalue weighted by Gasteiger charge is 2.60. The topological polar surface area (TPSA) is 12.9 Å². The molecule has 2 rings (SSSR count). The predicted molar refractivity (Wildman–Crippen MR) is 61.7 cm³/mol. The lowest BCUT2D eigenvalue weighted by Gasteiger charge is -2.19. The first-order chi connectivity index (χ1) is 8.63. The van der Waals surface area contributed by atoms with Crippen molar-refractivity contribution in [2.75, 3.05) is 0 Å². The molecule has 1 heterocycles. The molecule has 0 fully saturated rings. The second-order valence-electron chi connectivity index (χ2n) is 3.72. The van der Waals surface area contributed by atoms with Gasteiger partial charge in [0, 0.05) is 10.4 Å². The van der Waals surface area contributed by atoms with Crippen molar-refractivity contribution in [1.29, 1.82) is 0 Å². The molecule has 0 unspecified atom stereocenters. The Labute approximate surface area is 113 Å². The summed E-state index contributed by atoms with van der Waals surface area (Å²) in [6.07, 6.45) is -5.73. The summed E-state index contributed by atoms with van der Waals surface area (Å²) in [5.74, 6) is -5.07. The fraction of sp³-hybridized carbons (Fsp3) is 0.182. The van der Waals surface area contributed by atoms with E-state index in [1.165, 1.54) is 18.2 Å². The van der Waals surface area contributed by atoms with Crippen LogP contribution < -0.4 is 0 Å². The highest BCUT2D eigenvalue weighted by atomic mass is 35.5. The smallest absolute Gasteiger partial charge is 0.246 e. The maximum absolute atomic E-state index is 13.2. The van der Waals surface area contributed by atoms with Crippen molar-refractivity contribution in [3.05, 3.63) is 40.0 Å². The number of fused-ring (bicyclic) bond motifs is 1. The normalized spacial score (nSPS) is 13.0. The minimum absolute atomic E-state index is 0.0872. The summed E-state index contributed by atoms with van der Waals surface area (Å²) in [6.45, 7) is 0. The van der Waals surface area contributed by atoms with Gasteiger partial charge in [-0.25, -0.2) is 4.98 Å². The van der Waals surface area contributed by atoms with Crippen molar-refractivity contribution in [2.24, 2.45) is 0 Å². The summed E-state index contributed by atoms with van der Waals surface area (Å²) in [5.41, 5.74) is -1.53. The number of halogens is 7. The molecular weight excluding hydrogens is 312 g/mol. The average Bonchev–Trinajstić information content (AvgIpc) is 2.28. The molecule has 0 radical (unpaired) electrons. The van der Waals surface area contributed by atoms with Gasteiger partial charge in [0.15, 0.2) is 0 Å². The number of pyridine rings is 1. The van der Waals surface area contributed by atoms with Crippen LogP contribution in [0.3, 0.4) is 0 Å². The molecule has 0 N–H and O–H groups in total. The van der Waals surface area contributed by atoms with Crippen LogP contribution in [0.15, 0.2) is 24.3 Å². The number of benzene rings is 1. The Balaban J connectivity index is 2.68. The summed E-state index contributed by atoms with van der Waals surface area (Å²) in [4.78, 5) is 3.30. The first-order valence-electron chi connectivity index (χ1n) is 4.84. The molecule has 19 heavy (non-hydrogen) atoms. The second kappa shape index (κ2) is 4.45. The number of rotatable bonds is 1. The molecule has 2 aromatic rings. The number of hydrogen-bond acceptors (Lipinski definition) is 1. The zero-order valence-electron chi connectivity index (χ0n) is 8.90. The Morgan fingerprint density at radius 2 is 1.58 bits per heavy atom. The van der Waals surface area contributed by atoms with Crippen molar-refractivity contribution in [3.63, 3.8) is 0 Å². The number of alkyl halides is 5. The molecule has 8 heteroatoms. The Morgan fingerprint density at radius 1 is 0.947 bits per heavy atom. The minimum atomic E-state index is -5.73. The molecule has 0 atom stereocenters. The lowest BCUT2D eigenvalue weighted by molar-refractivity contribution is -0.290. The number of hydrogen-bond donors (Lipinski definition) is 0. The molecule has 0 aliphatic rings. The SMILES string of the molecule is FC(F)(F)C(F)(F)c1cc(Cl)c2cc(Cl)ccc2n1. The van der Waals surface area contributed by atoms with E-state index in [2.05, 4.69) is 4.98 Å². The highest BCUT2D eigenvalue weighted by Crippen LogP contribution is 2.44. The molecule has 0 aliphatic carbocycles. The third-order valence-electron chi connectivity index (χ3n) is 2.40. The Bertz CT molecular complexity index is 639. The summed E-state index contributed by atoms with van der Waals surface area (Å²) in [5, 5.41) is 0.203. The molecular formula is C11H4Cl2F5N. The van der Waals surface area contributed by atoms with Gasteiger partial charge in [0.1, 0.15) is 5.69 Å². The maximum Gasteiger partial charge on any atom is 0.459 e. The largest absolute Gasteiger partial charge is 0.459 e. The maximum atomic E-state index is 13.2. The molecule has 1 aromatic carbocycles. The van der Waals surface area contributed by atoms with Crippen LogP contribution in [0.4, 0.5) is 22.0 Å². The van der Waals surface area contributed by atoms with E-state index in [0.717, 1.165) is 0 Å². The third kappa shape index (κ3) is 2.47. The van der Waals surface area contributed by atoms with Gasteiger partial charge in [-0.3, -0.25) is 0 Å². The quantitative estimate of drug-likeness (QED) is 0.659. The van der Waals surface area contributed by atoms with Gasteiger partial charge in [-0.1, -0.05) is 23.2 Å². The Kier molecular flexibility index (Phi) is 3.35. The molecule has 0 saturated heterocycles. The summed E-state index contributed by atoms with van der Waals surface area (Å²) in [7, 11) is 0. The minimum Gasteiger partial charge on any atom is -0.246 e. The van der Waals surface area contributed by atoms with Crippen molar-refractivity contribution in [2.45, 2.75) is 12.1 Å². The second-order valence-corrected chi connectivity index (χ2v) is 4.57. The first-order valence-corrected chi connectivity index (χ1v) is 5.59. The lowest BCUT2D eigenvalue weighted by atomic mass is 10.1. The summed E-state index contributed by atoms with van der Waals surface area (Å²) < 4.78 is 63.1. The predicted octanol–water partition coefficient (Wildman–Crippen LogP) is 5.20. The molecule has 1 aromatic heterocycles. The van der Waals surface area contributed by atoms with Gasteiger partial charge in [0.05, 0.1) is 10.5 Å². The van der Waals surface area contributed by atoms with Crippen LogP contribution in [0.1, 0.15) is 5.69 Å². The van der Waals surface area contributed by atoms with Crippen LogP contribution in [-0.4, -0.2) is 11.2 Å². The molecule has 0 spiro atoms. The van der Waals surface area contributed by atoms with E-state index in [-0.39, 0.29) is 20.9 Å².